The quantitative estimate of drug-likeness (QED) is 0.128. The Balaban J connectivity index is 0.000000237. The summed E-state index contributed by atoms with van der Waals surface area (Å²) in [6.45, 7) is 60.7. The van der Waals surface area contributed by atoms with E-state index >= 15 is 0 Å². The predicted molar refractivity (Wildman–Crippen MR) is 428 cm³/mol. The van der Waals surface area contributed by atoms with E-state index in [1.165, 1.54) is 102 Å². The standard InChI is InChI=1S/C14H13N.C14H15N.C14H13N.C13H12.2C13H16.C4H4N2.3C2H6/c1-2-15-13-9-5-3-7-11(13)12-8-4-6-10-14(12)15;1-4-8-13-11(3)12-9-6-7-10-14(12)15(13)5-2;1-4-11-12-9-7-8-10-14(12)15(6-3)13(11)5-2;1-3-7-12-10(5-1)9-11-6-2-4-8-13(11)12;1-5-7-12-9-10(3)13(8-6-2)11(12)4;1-5-10-9-11(6-2)13(8-4)12(10)7-3;1-2-5-4-6-3-1;3*1-2/h3-10H,2H2,1H3;4,6-10H,1,3,5H2,2H3;4-5,8,10H,1-2,6H2,3H3;1-7,13H,8-9H2;5-8H,1,4,9H2,2-3H3;5-8H,1,3,9H2,2,4H3;1-4H;3*1-2H3/b;13-8+;;;8-6-,12-7-;11-6-,13-8+;;;;. The Morgan fingerprint density at radius 2 is 1.17 bits per heavy atom. The summed E-state index contributed by atoms with van der Waals surface area (Å²) in [5, 5.41) is 8.43. The van der Waals surface area contributed by atoms with Crippen LogP contribution in [-0.2, 0) is 26.1 Å². The summed E-state index contributed by atoms with van der Waals surface area (Å²) in [5.41, 5.74) is 27.3. The number of nitrogens with zero attached hydrogens (tertiary/aromatic N) is 5. The van der Waals surface area contributed by atoms with Crippen molar-refractivity contribution in [2.75, 3.05) is 0 Å². The van der Waals surface area contributed by atoms with Crippen molar-refractivity contribution in [1.29, 1.82) is 0 Å². The number of aryl methyl sites for hydroxylation is 2. The molecule has 0 amide bonds. The van der Waals surface area contributed by atoms with Gasteiger partial charge in [0.1, 0.15) is 6.33 Å². The van der Waals surface area contributed by atoms with Gasteiger partial charge < -0.3 is 13.7 Å². The van der Waals surface area contributed by atoms with E-state index < -0.39 is 0 Å². The lowest BCUT2D eigenvalue weighted by Gasteiger charge is -2.13. The Bertz CT molecular complexity index is 4500. The average Bonchev–Trinajstić information content (AvgIpc) is 1.84. The predicted octanol–water partition coefficient (Wildman–Crippen LogP) is 22.2. The first-order chi connectivity index (χ1) is 47.0. The van der Waals surface area contributed by atoms with Gasteiger partial charge in [-0.25, -0.2) is 9.97 Å². The maximum Gasteiger partial charge on any atom is 0.115 e. The van der Waals surface area contributed by atoms with Crippen LogP contribution in [0.5, 0.6) is 0 Å². The molecule has 4 heterocycles. The first kappa shape index (κ1) is 78.2. The lowest BCUT2D eigenvalue weighted by molar-refractivity contribution is 0.737. The highest BCUT2D eigenvalue weighted by Crippen LogP contribution is 2.42. The topological polar surface area (TPSA) is 40.6 Å². The van der Waals surface area contributed by atoms with Crippen LogP contribution in [-0.4, -0.2) is 23.7 Å². The third kappa shape index (κ3) is 19.2. The molecular formula is C91H107N5. The van der Waals surface area contributed by atoms with Gasteiger partial charge in [0.2, 0.25) is 0 Å². The SMILES string of the molecule is C1=CCC2C(=C1)Cc1ccccc12.C=C/C=C1/CC(C)=C(/C=C\C)C1=C.C=C/C=c1\c(=C)c2ccccc2n1CC.C=CC1=C(C=C)C(=C/C)/C(=C\C)C1.C=Cc1c(C=C)n(CC)c2c1=C=C=CC=2.CC.CC.CC.CCn1c2ccccc2c2ccccc21.c1cncnc1. The number of hydrogen-bond acceptors (Lipinski definition) is 2. The van der Waals surface area contributed by atoms with Crippen molar-refractivity contribution in [3.63, 3.8) is 0 Å². The third-order valence-corrected chi connectivity index (χ3v) is 16.6. The van der Waals surface area contributed by atoms with Crippen LogP contribution >= 0.6 is 0 Å². The fraction of sp³-hybridized carbons (Fsp3) is 0.231. The van der Waals surface area contributed by atoms with Crippen molar-refractivity contribution in [3.05, 3.63) is 346 Å². The Kier molecular flexibility index (Phi) is 34.3. The number of rotatable bonds is 10. The summed E-state index contributed by atoms with van der Waals surface area (Å²) in [6, 6.07) is 36.2. The molecule has 0 N–H and O–H groups in total. The molecular weight excluding hydrogens is 1160 g/mol. The van der Waals surface area contributed by atoms with E-state index in [0.29, 0.717) is 5.92 Å². The number of hydrogen-bond donors (Lipinski definition) is 0. The van der Waals surface area contributed by atoms with E-state index in [1.54, 1.807) is 29.6 Å². The van der Waals surface area contributed by atoms with Crippen LogP contribution in [0.1, 0.15) is 138 Å². The van der Waals surface area contributed by atoms with Gasteiger partial charge in [-0.1, -0.05) is 275 Å². The molecule has 8 aromatic rings. The molecule has 0 saturated heterocycles. The van der Waals surface area contributed by atoms with Gasteiger partial charge in [0.25, 0.3) is 0 Å². The molecule has 5 nitrogen and oxygen atoms in total. The molecule has 0 spiro atoms. The molecule has 4 aromatic carbocycles. The number of aromatic nitrogens is 5. The number of benzene rings is 4. The van der Waals surface area contributed by atoms with Gasteiger partial charge in [0.15, 0.2) is 0 Å². The molecule has 1 unspecified atom stereocenters. The smallest absolute Gasteiger partial charge is 0.115 e. The van der Waals surface area contributed by atoms with Crippen LogP contribution in [0.25, 0.3) is 69.3 Å². The van der Waals surface area contributed by atoms with E-state index in [1.807, 2.05) is 103 Å². The Morgan fingerprint density at radius 1 is 0.583 bits per heavy atom. The van der Waals surface area contributed by atoms with Gasteiger partial charge in [0.05, 0.1) is 10.6 Å². The maximum atomic E-state index is 4.14. The second-order valence-corrected chi connectivity index (χ2v) is 21.7. The van der Waals surface area contributed by atoms with Gasteiger partial charge in [-0.15, -0.1) is 0 Å². The fourth-order valence-electron chi connectivity index (χ4n) is 12.4. The minimum Gasteiger partial charge on any atom is -0.341 e. The van der Waals surface area contributed by atoms with Crippen LogP contribution in [0, 0.1) is 0 Å². The van der Waals surface area contributed by atoms with E-state index in [2.05, 4.69) is 275 Å². The first-order valence-electron chi connectivity index (χ1n) is 34.3. The molecule has 5 aliphatic carbocycles. The van der Waals surface area contributed by atoms with Gasteiger partial charge in [-0.2, -0.15) is 0 Å². The van der Waals surface area contributed by atoms with Gasteiger partial charge >= 0.3 is 0 Å². The van der Waals surface area contributed by atoms with Gasteiger partial charge in [0, 0.05) is 92.5 Å². The van der Waals surface area contributed by atoms with Crippen LogP contribution in [0.2, 0.25) is 0 Å². The molecule has 0 radical (unpaired) electrons. The third-order valence-electron chi connectivity index (χ3n) is 16.6. The molecule has 5 heteroatoms. The second kappa shape index (κ2) is 42.1. The summed E-state index contributed by atoms with van der Waals surface area (Å²) in [4.78, 5) is 7.35. The zero-order valence-corrected chi connectivity index (χ0v) is 60.3. The molecule has 0 aliphatic heterocycles. The van der Waals surface area contributed by atoms with Gasteiger partial charge in [-0.05, 0) is 173 Å². The van der Waals surface area contributed by atoms with Crippen LogP contribution in [0.3, 0.4) is 0 Å². The lowest BCUT2D eigenvalue weighted by atomic mass is 9.91. The Labute approximate surface area is 577 Å². The minimum absolute atomic E-state index is 0.696. The van der Waals surface area contributed by atoms with Crippen molar-refractivity contribution < 1.29 is 0 Å². The summed E-state index contributed by atoms with van der Waals surface area (Å²) in [6.07, 6.45) is 43.7. The van der Waals surface area contributed by atoms with Crippen molar-refractivity contribution in [2.24, 2.45) is 0 Å². The normalized spacial score (nSPS) is 15.3. The molecule has 0 fully saturated rings. The van der Waals surface area contributed by atoms with E-state index in [0.717, 1.165) is 65.1 Å². The first-order valence-corrected chi connectivity index (χ1v) is 34.3. The highest BCUT2D eigenvalue weighted by molar-refractivity contribution is 6.08. The molecule has 96 heavy (non-hydrogen) atoms. The minimum atomic E-state index is 0.696. The van der Waals surface area contributed by atoms with Crippen molar-refractivity contribution in [2.45, 2.75) is 141 Å². The van der Waals surface area contributed by atoms with Crippen LogP contribution in [0.15, 0.2) is 303 Å². The van der Waals surface area contributed by atoms with Crippen LogP contribution < -0.4 is 21.1 Å². The molecule has 5 aliphatic rings. The summed E-state index contributed by atoms with van der Waals surface area (Å²) < 4.78 is 6.84. The Morgan fingerprint density at radius 3 is 1.68 bits per heavy atom. The molecule has 0 saturated carbocycles. The Hall–Kier alpha value is -10.3. The lowest BCUT2D eigenvalue weighted by Crippen LogP contribution is -2.29. The molecule has 4 aromatic heterocycles. The zero-order chi connectivity index (χ0) is 70.5. The zero-order valence-electron chi connectivity index (χ0n) is 60.3. The summed E-state index contributed by atoms with van der Waals surface area (Å²) >= 11 is 0. The van der Waals surface area contributed by atoms with E-state index in [4.69, 9.17) is 0 Å². The number of allylic oxidation sites excluding steroid dienone is 22. The molecule has 496 valence electrons. The van der Waals surface area contributed by atoms with Crippen molar-refractivity contribution in [3.8, 4) is 0 Å². The van der Waals surface area contributed by atoms with Gasteiger partial charge in [-0.3, -0.25) is 0 Å². The highest BCUT2D eigenvalue weighted by atomic mass is 15.0. The maximum absolute atomic E-state index is 4.14. The molecule has 0 bridgehead atoms. The highest BCUT2D eigenvalue weighted by Gasteiger charge is 2.26. The van der Waals surface area contributed by atoms with Crippen LogP contribution in [0.4, 0.5) is 0 Å². The van der Waals surface area contributed by atoms with E-state index in [-0.39, 0.29) is 0 Å². The summed E-state index contributed by atoms with van der Waals surface area (Å²) in [5.74, 6) is 0.696. The summed E-state index contributed by atoms with van der Waals surface area (Å²) in [7, 11) is 0. The monoisotopic (exact) mass is 1270 g/mol. The largest absolute Gasteiger partial charge is 0.341 e. The second-order valence-electron chi connectivity index (χ2n) is 21.7. The van der Waals surface area contributed by atoms with Crippen molar-refractivity contribution in [1.82, 2.24) is 23.7 Å². The average molecular weight is 1270 g/mol. The van der Waals surface area contributed by atoms with Crippen molar-refractivity contribution >= 4 is 69.3 Å². The molecule has 1 atom stereocenters. The fourth-order valence-corrected chi connectivity index (χ4v) is 12.4. The number of para-hydroxylation sites is 3. The number of fused-ring (bicyclic) bond motifs is 8. The van der Waals surface area contributed by atoms with E-state index in [9.17, 15) is 0 Å². The molecule has 13 rings (SSSR count).